The van der Waals surface area contributed by atoms with Gasteiger partial charge in [-0.25, -0.2) is 0 Å². The smallest absolute Gasteiger partial charge is 0.251 e. The molecule has 2 rings (SSSR count). The number of primary amides is 1. The van der Waals surface area contributed by atoms with Gasteiger partial charge in [-0.1, -0.05) is 18.9 Å². The molecule has 0 aliphatic heterocycles. The van der Waals surface area contributed by atoms with Gasteiger partial charge in [0.2, 0.25) is 11.8 Å². The Morgan fingerprint density at radius 1 is 1.29 bits per heavy atom. The number of benzene rings is 1. The standard InChI is InChI=1S/C17H24N4O3/c1-17(19)8-3-2-7-13(17)16(24)21-12-6-4-5-11(9-12)15(23)20-10-14(18)22/h4-6,9,13H,2-3,7-8,10,19H2,1H3,(H2,18,22)(H,20,23)(H,21,24). The van der Waals surface area contributed by atoms with Crippen molar-refractivity contribution in [2.45, 2.75) is 38.1 Å². The molecule has 3 amide bonds. The molecule has 2 unspecified atom stereocenters. The van der Waals surface area contributed by atoms with Gasteiger partial charge in [-0.3, -0.25) is 14.4 Å². The quantitative estimate of drug-likeness (QED) is 0.634. The molecular weight excluding hydrogens is 308 g/mol. The van der Waals surface area contributed by atoms with Crippen molar-refractivity contribution in [2.24, 2.45) is 17.4 Å². The summed E-state index contributed by atoms with van der Waals surface area (Å²) in [5.41, 5.74) is 11.6. The number of amides is 3. The first-order chi connectivity index (χ1) is 11.3. The third-order valence-corrected chi connectivity index (χ3v) is 4.39. The summed E-state index contributed by atoms with van der Waals surface area (Å²) in [5, 5.41) is 5.25. The predicted molar refractivity (Wildman–Crippen MR) is 91.1 cm³/mol. The van der Waals surface area contributed by atoms with Gasteiger partial charge in [0.05, 0.1) is 12.5 Å². The average molecular weight is 332 g/mol. The Labute approximate surface area is 141 Å². The third-order valence-electron chi connectivity index (χ3n) is 4.39. The zero-order valence-corrected chi connectivity index (χ0v) is 13.8. The van der Waals surface area contributed by atoms with Crippen LogP contribution in [0.3, 0.4) is 0 Å². The summed E-state index contributed by atoms with van der Waals surface area (Å²) in [6, 6.07) is 6.53. The third kappa shape index (κ3) is 4.55. The summed E-state index contributed by atoms with van der Waals surface area (Å²) in [6.07, 6.45) is 3.60. The summed E-state index contributed by atoms with van der Waals surface area (Å²) in [6.45, 7) is 1.67. The van der Waals surface area contributed by atoms with Gasteiger partial charge in [-0.05, 0) is 38.0 Å². The van der Waals surface area contributed by atoms with Gasteiger partial charge in [0.1, 0.15) is 0 Å². The van der Waals surface area contributed by atoms with E-state index in [4.69, 9.17) is 11.5 Å². The number of carbonyl (C=O) groups excluding carboxylic acids is 3. The molecule has 0 bridgehead atoms. The lowest BCUT2D eigenvalue weighted by Gasteiger charge is -2.37. The van der Waals surface area contributed by atoms with E-state index in [-0.39, 0.29) is 18.4 Å². The highest BCUT2D eigenvalue weighted by molar-refractivity contribution is 5.99. The van der Waals surface area contributed by atoms with E-state index >= 15 is 0 Å². The molecule has 1 aromatic carbocycles. The Balaban J connectivity index is 2.04. The van der Waals surface area contributed by atoms with E-state index in [1.807, 2.05) is 6.92 Å². The van der Waals surface area contributed by atoms with Crippen molar-refractivity contribution in [2.75, 3.05) is 11.9 Å². The van der Waals surface area contributed by atoms with Gasteiger partial charge in [-0.15, -0.1) is 0 Å². The lowest BCUT2D eigenvalue weighted by molar-refractivity contribution is -0.122. The Morgan fingerprint density at radius 2 is 2.04 bits per heavy atom. The maximum atomic E-state index is 12.5. The summed E-state index contributed by atoms with van der Waals surface area (Å²) in [5.74, 6) is -1.42. The molecule has 1 saturated carbocycles. The van der Waals surface area contributed by atoms with E-state index in [9.17, 15) is 14.4 Å². The first-order valence-corrected chi connectivity index (χ1v) is 8.06. The minimum atomic E-state index is -0.618. The van der Waals surface area contributed by atoms with Crippen LogP contribution in [0.2, 0.25) is 0 Å². The van der Waals surface area contributed by atoms with Gasteiger partial charge in [0.25, 0.3) is 5.91 Å². The molecule has 0 spiro atoms. The molecule has 1 fully saturated rings. The van der Waals surface area contributed by atoms with Gasteiger partial charge in [0.15, 0.2) is 0 Å². The molecule has 0 radical (unpaired) electrons. The first kappa shape index (κ1) is 17.9. The van der Waals surface area contributed by atoms with Crippen LogP contribution in [-0.2, 0) is 9.59 Å². The number of carbonyl (C=O) groups is 3. The van der Waals surface area contributed by atoms with Crippen molar-refractivity contribution in [1.29, 1.82) is 0 Å². The van der Waals surface area contributed by atoms with E-state index in [0.717, 1.165) is 25.7 Å². The Bertz CT molecular complexity index is 642. The number of rotatable bonds is 5. The van der Waals surface area contributed by atoms with E-state index < -0.39 is 17.4 Å². The molecule has 130 valence electrons. The molecule has 6 N–H and O–H groups in total. The van der Waals surface area contributed by atoms with E-state index in [1.165, 1.54) is 0 Å². The molecule has 0 aromatic heterocycles. The number of nitrogens with two attached hydrogens (primary N) is 2. The van der Waals surface area contributed by atoms with E-state index in [1.54, 1.807) is 24.3 Å². The maximum Gasteiger partial charge on any atom is 0.251 e. The van der Waals surface area contributed by atoms with Crippen molar-refractivity contribution in [3.8, 4) is 0 Å². The second-order valence-electron chi connectivity index (χ2n) is 6.52. The molecule has 7 nitrogen and oxygen atoms in total. The molecule has 7 heteroatoms. The average Bonchev–Trinajstić information content (AvgIpc) is 2.52. The minimum absolute atomic E-state index is 0.130. The van der Waals surface area contributed by atoms with Crippen LogP contribution in [0.15, 0.2) is 24.3 Å². The Hall–Kier alpha value is -2.41. The van der Waals surface area contributed by atoms with Gasteiger partial charge < -0.3 is 22.1 Å². The highest BCUT2D eigenvalue weighted by Gasteiger charge is 2.37. The van der Waals surface area contributed by atoms with Crippen LogP contribution in [0.25, 0.3) is 0 Å². The van der Waals surface area contributed by atoms with Crippen LogP contribution in [0.5, 0.6) is 0 Å². The lowest BCUT2D eigenvalue weighted by Crippen LogP contribution is -2.51. The fraction of sp³-hybridized carbons (Fsp3) is 0.471. The van der Waals surface area contributed by atoms with Crippen LogP contribution in [0.4, 0.5) is 5.69 Å². The Morgan fingerprint density at radius 3 is 2.71 bits per heavy atom. The van der Waals surface area contributed by atoms with Crippen LogP contribution in [0, 0.1) is 5.92 Å². The minimum Gasteiger partial charge on any atom is -0.368 e. The fourth-order valence-corrected chi connectivity index (χ4v) is 3.03. The molecule has 24 heavy (non-hydrogen) atoms. The van der Waals surface area contributed by atoms with Crippen LogP contribution in [-0.4, -0.2) is 29.8 Å². The van der Waals surface area contributed by atoms with Crippen molar-refractivity contribution in [3.63, 3.8) is 0 Å². The van der Waals surface area contributed by atoms with Gasteiger partial charge >= 0.3 is 0 Å². The van der Waals surface area contributed by atoms with E-state index in [0.29, 0.717) is 11.3 Å². The Kier molecular flexibility index (Phi) is 5.56. The molecule has 0 heterocycles. The van der Waals surface area contributed by atoms with E-state index in [2.05, 4.69) is 10.6 Å². The van der Waals surface area contributed by atoms with Crippen LogP contribution < -0.4 is 22.1 Å². The zero-order valence-electron chi connectivity index (χ0n) is 13.8. The second-order valence-corrected chi connectivity index (χ2v) is 6.52. The molecule has 2 atom stereocenters. The van der Waals surface area contributed by atoms with Crippen LogP contribution in [0.1, 0.15) is 43.0 Å². The maximum absolute atomic E-state index is 12.5. The second kappa shape index (κ2) is 7.44. The summed E-state index contributed by atoms with van der Waals surface area (Å²) < 4.78 is 0. The van der Waals surface area contributed by atoms with Gasteiger partial charge in [-0.2, -0.15) is 0 Å². The molecule has 1 aliphatic rings. The fourth-order valence-electron chi connectivity index (χ4n) is 3.03. The monoisotopic (exact) mass is 332 g/mol. The largest absolute Gasteiger partial charge is 0.368 e. The first-order valence-electron chi connectivity index (χ1n) is 8.06. The van der Waals surface area contributed by atoms with Crippen LogP contribution >= 0.6 is 0 Å². The van der Waals surface area contributed by atoms with Crippen molar-refractivity contribution < 1.29 is 14.4 Å². The van der Waals surface area contributed by atoms with Crippen molar-refractivity contribution >= 4 is 23.4 Å². The topological polar surface area (TPSA) is 127 Å². The number of hydrogen-bond donors (Lipinski definition) is 4. The molecule has 1 aliphatic carbocycles. The SMILES string of the molecule is CC1(N)CCCCC1C(=O)Nc1cccc(C(=O)NCC(N)=O)c1. The lowest BCUT2D eigenvalue weighted by atomic mass is 9.74. The summed E-state index contributed by atoms with van der Waals surface area (Å²) >= 11 is 0. The highest BCUT2D eigenvalue weighted by Crippen LogP contribution is 2.32. The predicted octanol–water partition coefficient (Wildman–Crippen LogP) is 0.748. The molecule has 0 saturated heterocycles. The van der Waals surface area contributed by atoms with Crippen molar-refractivity contribution in [3.05, 3.63) is 29.8 Å². The molecular formula is C17H24N4O3. The summed E-state index contributed by atoms with van der Waals surface area (Å²) in [7, 11) is 0. The normalized spacial score (nSPS) is 23.3. The summed E-state index contributed by atoms with van der Waals surface area (Å²) in [4.78, 5) is 35.2. The zero-order chi connectivity index (χ0) is 17.7. The highest BCUT2D eigenvalue weighted by atomic mass is 16.2. The number of anilines is 1. The number of hydrogen-bond acceptors (Lipinski definition) is 4. The van der Waals surface area contributed by atoms with Crippen molar-refractivity contribution in [1.82, 2.24) is 5.32 Å². The van der Waals surface area contributed by atoms with Gasteiger partial charge in [0, 0.05) is 16.8 Å². The number of nitrogens with one attached hydrogen (secondary N) is 2. The molecule has 1 aromatic rings.